The predicted octanol–water partition coefficient (Wildman–Crippen LogP) is 3.06. The minimum atomic E-state index is -0.525. The van der Waals surface area contributed by atoms with E-state index in [0.29, 0.717) is 28.4 Å². The fourth-order valence-electron chi connectivity index (χ4n) is 2.46. The average Bonchev–Trinajstić information content (AvgIpc) is 3.02. The number of nitrogens with zero attached hydrogens (tertiary/aromatic N) is 1. The number of benzene rings is 2. The first-order chi connectivity index (χ1) is 12.2. The molecule has 0 fully saturated rings. The van der Waals surface area contributed by atoms with Crippen molar-refractivity contribution in [1.82, 2.24) is 0 Å². The zero-order valence-corrected chi connectivity index (χ0v) is 14.1. The van der Waals surface area contributed by atoms with Gasteiger partial charge in [0.25, 0.3) is 0 Å². The Bertz CT molecular complexity index is 870. The normalized spacial score (nSPS) is 14.9. The molecule has 0 N–H and O–H groups in total. The summed E-state index contributed by atoms with van der Waals surface area (Å²) in [7, 11) is 4.66. The molecule has 0 spiro atoms. The van der Waals surface area contributed by atoms with Gasteiger partial charge in [-0.05, 0) is 30.3 Å². The minimum absolute atomic E-state index is 0.185. The van der Waals surface area contributed by atoms with Gasteiger partial charge in [0.1, 0.15) is 5.75 Å². The summed E-state index contributed by atoms with van der Waals surface area (Å²) in [6.07, 6.45) is 1.61. The predicted molar refractivity (Wildman–Crippen MR) is 93.1 cm³/mol. The quantitative estimate of drug-likeness (QED) is 0.619. The standard InChI is InChI=1S/C19H17NO5/c1-22-14-8-4-7-13(10-14)18-20-15(19(21)25-18)11-12-6-5-9-16(23-2)17(12)24-3/h4-11H,1-3H3/b15-11-. The maximum atomic E-state index is 12.2. The van der Waals surface area contributed by atoms with Crippen molar-refractivity contribution < 1.29 is 23.7 Å². The van der Waals surface area contributed by atoms with Crippen LogP contribution < -0.4 is 14.2 Å². The maximum absolute atomic E-state index is 12.2. The Balaban J connectivity index is 1.99. The third kappa shape index (κ3) is 3.33. The molecule has 25 heavy (non-hydrogen) atoms. The van der Waals surface area contributed by atoms with Gasteiger partial charge in [0.15, 0.2) is 17.2 Å². The van der Waals surface area contributed by atoms with E-state index < -0.39 is 5.97 Å². The van der Waals surface area contributed by atoms with Crippen LogP contribution in [0.1, 0.15) is 11.1 Å². The Labute approximate surface area is 145 Å². The molecule has 1 aliphatic rings. The Morgan fingerprint density at radius 3 is 2.52 bits per heavy atom. The van der Waals surface area contributed by atoms with E-state index in [2.05, 4.69) is 4.99 Å². The van der Waals surface area contributed by atoms with Gasteiger partial charge >= 0.3 is 5.97 Å². The van der Waals surface area contributed by atoms with Crippen molar-refractivity contribution in [3.05, 3.63) is 59.3 Å². The fourth-order valence-corrected chi connectivity index (χ4v) is 2.46. The second kappa shape index (κ2) is 7.09. The number of rotatable bonds is 5. The molecule has 3 rings (SSSR count). The summed E-state index contributed by atoms with van der Waals surface area (Å²) in [4.78, 5) is 16.5. The smallest absolute Gasteiger partial charge is 0.363 e. The van der Waals surface area contributed by atoms with E-state index in [-0.39, 0.29) is 11.6 Å². The van der Waals surface area contributed by atoms with Crippen LogP contribution in [0.25, 0.3) is 6.08 Å². The van der Waals surface area contributed by atoms with E-state index in [4.69, 9.17) is 18.9 Å². The molecule has 2 aromatic carbocycles. The highest BCUT2D eigenvalue weighted by atomic mass is 16.6. The van der Waals surface area contributed by atoms with Crippen molar-refractivity contribution in [3.8, 4) is 17.2 Å². The first-order valence-electron chi connectivity index (χ1n) is 7.54. The Kier molecular flexibility index (Phi) is 4.70. The average molecular weight is 339 g/mol. The largest absolute Gasteiger partial charge is 0.497 e. The lowest BCUT2D eigenvalue weighted by Crippen LogP contribution is -2.05. The SMILES string of the molecule is COc1cccc(C2=N/C(=C\c3cccc(OC)c3OC)C(=O)O2)c1. The van der Waals surface area contributed by atoms with Gasteiger partial charge in [0.05, 0.1) is 21.3 Å². The third-order valence-electron chi connectivity index (χ3n) is 3.66. The lowest BCUT2D eigenvalue weighted by atomic mass is 10.1. The number of hydrogen-bond donors (Lipinski definition) is 0. The number of ether oxygens (including phenoxy) is 4. The summed E-state index contributed by atoms with van der Waals surface area (Å²) in [6.45, 7) is 0. The number of carbonyl (C=O) groups is 1. The van der Waals surface area contributed by atoms with Crippen molar-refractivity contribution >= 4 is 17.9 Å². The van der Waals surface area contributed by atoms with Crippen LogP contribution in [-0.4, -0.2) is 33.2 Å². The van der Waals surface area contributed by atoms with Crippen molar-refractivity contribution in [2.45, 2.75) is 0 Å². The van der Waals surface area contributed by atoms with Gasteiger partial charge in [-0.1, -0.05) is 18.2 Å². The number of cyclic esters (lactones) is 1. The van der Waals surface area contributed by atoms with E-state index >= 15 is 0 Å². The number of hydrogen-bond acceptors (Lipinski definition) is 6. The van der Waals surface area contributed by atoms with Crippen molar-refractivity contribution in [1.29, 1.82) is 0 Å². The Morgan fingerprint density at radius 2 is 1.80 bits per heavy atom. The van der Waals surface area contributed by atoms with Crippen molar-refractivity contribution in [2.24, 2.45) is 4.99 Å². The second-order valence-corrected chi connectivity index (χ2v) is 5.15. The van der Waals surface area contributed by atoms with E-state index in [1.165, 1.54) is 7.11 Å². The summed E-state index contributed by atoms with van der Waals surface area (Å²) >= 11 is 0. The van der Waals surface area contributed by atoms with Crippen LogP contribution in [0.2, 0.25) is 0 Å². The van der Waals surface area contributed by atoms with E-state index in [0.717, 1.165) is 0 Å². The summed E-state index contributed by atoms with van der Waals surface area (Å²) in [5.41, 5.74) is 1.52. The van der Waals surface area contributed by atoms with Gasteiger partial charge in [0.2, 0.25) is 5.90 Å². The van der Waals surface area contributed by atoms with Crippen LogP contribution in [0.5, 0.6) is 17.2 Å². The topological polar surface area (TPSA) is 66.3 Å². The van der Waals surface area contributed by atoms with Crippen LogP contribution >= 0.6 is 0 Å². The molecule has 1 aliphatic heterocycles. The molecule has 0 amide bonds. The van der Waals surface area contributed by atoms with Gasteiger partial charge < -0.3 is 18.9 Å². The molecule has 0 saturated heterocycles. The summed E-state index contributed by atoms with van der Waals surface area (Å²) in [5, 5.41) is 0. The highest BCUT2D eigenvalue weighted by molar-refractivity contribution is 6.13. The number of para-hydroxylation sites is 1. The summed E-state index contributed by atoms with van der Waals surface area (Å²) < 4.78 is 21.1. The molecule has 1 heterocycles. The van der Waals surface area contributed by atoms with Crippen LogP contribution in [-0.2, 0) is 9.53 Å². The zero-order valence-electron chi connectivity index (χ0n) is 14.1. The second-order valence-electron chi connectivity index (χ2n) is 5.15. The molecule has 0 unspecified atom stereocenters. The maximum Gasteiger partial charge on any atom is 0.363 e. The molecule has 0 radical (unpaired) electrons. The molecule has 0 atom stereocenters. The molecule has 128 valence electrons. The number of esters is 1. The van der Waals surface area contributed by atoms with E-state index in [9.17, 15) is 4.79 Å². The van der Waals surface area contributed by atoms with Gasteiger partial charge in [-0.15, -0.1) is 0 Å². The van der Waals surface area contributed by atoms with Crippen LogP contribution in [0.4, 0.5) is 0 Å². The first kappa shape index (κ1) is 16.6. The van der Waals surface area contributed by atoms with Crippen molar-refractivity contribution in [3.63, 3.8) is 0 Å². The highest BCUT2D eigenvalue weighted by Gasteiger charge is 2.25. The van der Waals surface area contributed by atoms with Gasteiger partial charge in [0, 0.05) is 11.1 Å². The zero-order chi connectivity index (χ0) is 17.8. The number of methoxy groups -OCH3 is 3. The van der Waals surface area contributed by atoms with Gasteiger partial charge in [-0.25, -0.2) is 9.79 Å². The molecule has 6 nitrogen and oxygen atoms in total. The Hall–Kier alpha value is -3.28. The molecule has 6 heteroatoms. The first-order valence-corrected chi connectivity index (χ1v) is 7.54. The van der Waals surface area contributed by atoms with Gasteiger partial charge in [-0.2, -0.15) is 0 Å². The number of carbonyl (C=O) groups excluding carboxylic acids is 1. The molecule has 0 aliphatic carbocycles. The number of aliphatic imine (C=N–C) groups is 1. The van der Waals surface area contributed by atoms with E-state index in [1.807, 2.05) is 0 Å². The fraction of sp³-hybridized carbons (Fsp3) is 0.158. The molecular weight excluding hydrogens is 322 g/mol. The van der Waals surface area contributed by atoms with Gasteiger partial charge in [-0.3, -0.25) is 0 Å². The van der Waals surface area contributed by atoms with Crippen LogP contribution in [0, 0.1) is 0 Å². The summed E-state index contributed by atoms with van der Waals surface area (Å²) in [5.74, 6) is 1.46. The molecule has 0 saturated carbocycles. The van der Waals surface area contributed by atoms with Crippen molar-refractivity contribution in [2.75, 3.05) is 21.3 Å². The summed E-state index contributed by atoms with van der Waals surface area (Å²) in [6, 6.07) is 12.5. The third-order valence-corrected chi connectivity index (χ3v) is 3.66. The van der Waals surface area contributed by atoms with Crippen LogP contribution in [0.15, 0.2) is 53.2 Å². The monoisotopic (exact) mass is 339 g/mol. The van der Waals surface area contributed by atoms with E-state index in [1.54, 1.807) is 62.8 Å². The lowest BCUT2D eigenvalue weighted by molar-refractivity contribution is -0.129. The molecule has 2 aromatic rings. The minimum Gasteiger partial charge on any atom is -0.497 e. The Morgan fingerprint density at radius 1 is 1.00 bits per heavy atom. The highest BCUT2D eigenvalue weighted by Crippen LogP contribution is 2.33. The lowest BCUT2D eigenvalue weighted by Gasteiger charge is -2.09. The molecule has 0 bridgehead atoms. The van der Waals surface area contributed by atoms with Crippen LogP contribution in [0.3, 0.4) is 0 Å². The molecular formula is C19H17NO5. The molecule has 0 aromatic heterocycles.